The molecule has 0 saturated heterocycles. The van der Waals surface area contributed by atoms with Gasteiger partial charge in [-0.05, 0) is 62.1 Å². The van der Waals surface area contributed by atoms with Crippen molar-refractivity contribution in [2.45, 2.75) is 52.1 Å². The van der Waals surface area contributed by atoms with Crippen LogP contribution in [0.2, 0.25) is 0 Å². The van der Waals surface area contributed by atoms with Crippen molar-refractivity contribution in [2.24, 2.45) is 0 Å². The fourth-order valence-corrected chi connectivity index (χ4v) is 4.77. The van der Waals surface area contributed by atoms with Gasteiger partial charge in [-0.15, -0.1) is 0 Å². The number of carbonyl (C=O) groups excluding carboxylic acids is 1. The summed E-state index contributed by atoms with van der Waals surface area (Å²) >= 11 is 0. The molecule has 3 rings (SSSR count). The Hall–Kier alpha value is -3.26. The number of nitrogens with zero attached hydrogens (tertiary/aromatic N) is 4. The summed E-state index contributed by atoms with van der Waals surface area (Å²) in [6.45, 7) is 10.2. The molecule has 1 aromatic carbocycles. The fraction of sp³-hybridized carbons (Fsp3) is 0.346. The summed E-state index contributed by atoms with van der Waals surface area (Å²) in [5, 5.41) is -0.0870. The minimum atomic E-state index is -4.06. The number of aromatic nitrogens is 2. The van der Waals surface area contributed by atoms with Gasteiger partial charge in [-0.25, -0.2) is 4.98 Å². The number of pyridine rings is 2. The first-order chi connectivity index (χ1) is 16.1. The number of anilines is 1. The summed E-state index contributed by atoms with van der Waals surface area (Å²) in [5.41, 5.74) is 4.14. The summed E-state index contributed by atoms with van der Waals surface area (Å²) in [6, 6.07) is 14.2. The van der Waals surface area contributed by atoms with Gasteiger partial charge in [0, 0.05) is 31.2 Å². The van der Waals surface area contributed by atoms with E-state index in [9.17, 15) is 13.2 Å². The van der Waals surface area contributed by atoms with Crippen LogP contribution < -0.4 is 4.31 Å². The summed E-state index contributed by atoms with van der Waals surface area (Å²) in [6.07, 6.45) is 3.31. The highest BCUT2D eigenvalue weighted by molar-refractivity contribution is 7.92. The topological polar surface area (TPSA) is 83.5 Å². The predicted octanol–water partition coefficient (Wildman–Crippen LogP) is 4.46. The summed E-state index contributed by atoms with van der Waals surface area (Å²) in [5.74, 6) is -0.0700. The number of sulfonamides is 1. The van der Waals surface area contributed by atoms with Crippen LogP contribution in [0.1, 0.15) is 49.1 Å². The maximum absolute atomic E-state index is 13.6. The highest BCUT2D eigenvalue weighted by Crippen LogP contribution is 2.24. The Morgan fingerprint density at radius 3 is 2.18 bits per heavy atom. The molecule has 0 N–H and O–H groups in total. The van der Waals surface area contributed by atoms with Gasteiger partial charge in [0.15, 0.2) is 5.03 Å². The van der Waals surface area contributed by atoms with E-state index in [1.807, 2.05) is 58.9 Å². The van der Waals surface area contributed by atoms with Crippen molar-refractivity contribution in [1.82, 2.24) is 14.9 Å². The van der Waals surface area contributed by atoms with E-state index in [1.54, 1.807) is 35.5 Å². The normalized spacial score (nSPS) is 11.5. The van der Waals surface area contributed by atoms with Gasteiger partial charge in [0.1, 0.15) is 6.54 Å². The molecule has 0 atom stereocenters. The molecular formula is C26H32N4O3S. The molecule has 0 aliphatic heterocycles. The fourth-order valence-electron chi connectivity index (χ4n) is 3.44. The molecule has 0 saturated carbocycles. The lowest BCUT2D eigenvalue weighted by atomic mass is 10.1. The van der Waals surface area contributed by atoms with E-state index in [2.05, 4.69) is 9.97 Å². The molecule has 180 valence electrons. The van der Waals surface area contributed by atoms with E-state index in [0.717, 1.165) is 26.7 Å². The number of aryl methyl sites for hydroxylation is 2. The van der Waals surface area contributed by atoms with Gasteiger partial charge < -0.3 is 4.90 Å². The van der Waals surface area contributed by atoms with E-state index in [-0.39, 0.29) is 23.4 Å². The lowest BCUT2D eigenvalue weighted by Gasteiger charge is -2.28. The minimum absolute atomic E-state index is 0.0870. The minimum Gasteiger partial charge on any atom is -0.337 e. The first kappa shape index (κ1) is 25.4. The molecular weight excluding hydrogens is 448 g/mol. The highest BCUT2D eigenvalue weighted by Gasteiger charge is 2.30. The van der Waals surface area contributed by atoms with Gasteiger partial charge in [-0.3, -0.25) is 14.1 Å². The quantitative estimate of drug-likeness (QED) is 0.451. The molecule has 34 heavy (non-hydrogen) atoms. The average molecular weight is 481 g/mol. The number of carbonyl (C=O) groups is 1. The van der Waals surface area contributed by atoms with E-state index >= 15 is 0 Å². The Kier molecular flexibility index (Phi) is 8.04. The van der Waals surface area contributed by atoms with Gasteiger partial charge in [-0.1, -0.05) is 43.7 Å². The van der Waals surface area contributed by atoms with Crippen molar-refractivity contribution in [2.75, 3.05) is 17.4 Å². The predicted molar refractivity (Wildman–Crippen MR) is 134 cm³/mol. The second-order valence-corrected chi connectivity index (χ2v) is 10.5. The van der Waals surface area contributed by atoms with Crippen LogP contribution in [-0.4, -0.2) is 42.3 Å². The molecule has 7 nitrogen and oxygen atoms in total. The van der Waals surface area contributed by atoms with Crippen molar-refractivity contribution in [3.05, 3.63) is 83.3 Å². The van der Waals surface area contributed by atoms with Crippen LogP contribution >= 0.6 is 0 Å². The zero-order valence-corrected chi connectivity index (χ0v) is 21.2. The SMILES string of the molecule is CCN(Cc1ccc(C)nc1)C(=O)CN(c1ccc(C)cc1)S(=O)(=O)c1ccc(C(C)C)cn1. The zero-order chi connectivity index (χ0) is 24.9. The smallest absolute Gasteiger partial charge is 0.282 e. The number of hydrogen-bond donors (Lipinski definition) is 0. The van der Waals surface area contributed by atoms with Crippen molar-refractivity contribution >= 4 is 21.6 Å². The van der Waals surface area contributed by atoms with Crippen molar-refractivity contribution < 1.29 is 13.2 Å². The molecule has 0 spiro atoms. The van der Waals surface area contributed by atoms with Gasteiger partial charge in [0.2, 0.25) is 5.91 Å². The molecule has 0 radical (unpaired) electrons. The third-order valence-electron chi connectivity index (χ3n) is 5.66. The largest absolute Gasteiger partial charge is 0.337 e. The highest BCUT2D eigenvalue weighted by atomic mass is 32.2. The number of rotatable bonds is 9. The van der Waals surface area contributed by atoms with Crippen LogP contribution in [0, 0.1) is 13.8 Å². The molecule has 0 fully saturated rings. The molecule has 0 unspecified atom stereocenters. The van der Waals surface area contributed by atoms with E-state index in [4.69, 9.17) is 0 Å². The molecule has 2 aromatic heterocycles. The molecule has 0 aliphatic carbocycles. The maximum atomic E-state index is 13.6. The van der Waals surface area contributed by atoms with Crippen LogP contribution in [0.15, 0.2) is 66.0 Å². The van der Waals surface area contributed by atoms with Crippen molar-refractivity contribution in [3.63, 3.8) is 0 Å². The van der Waals surface area contributed by atoms with Crippen LogP contribution in [0.4, 0.5) is 5.69 Å². The number of likely N-dealkylation sites (N-methyl/N-ethyl adjacent to an activating group) is 1. The summed E-state index contributed by atoms with van der Waals surface area (Å²) in [7, 11) is -4.06. The lowest BCUT2D eigenvalue weighted by Crippen LogP contribution is -2.43. The van der Waals surface area contributed by atoms with Gasteiger partial charge >= 0.3 is 0 Å². The monoisotopic (exact) mass is 480 g/mol. The maximum Gasteiger partial charge on any atom is 0.282 e. The molecule has 3 aromatic rings. The number of benzene rings is 1. The van der Waals surface area contributed by atoms with Crippen molar-refractivity contribution in [1.29, 1.82) is 0 Å². The second kappa shape index (κ2) is 10.8. The van der Waals surface area contributed by atoms with Crippen LogP contribution in [-0.2, 0) is 21.4 Å². The van der Waals surface area contributed by atoms with Crippen molar-refractivity contribution in [3.8, 4) is 0 Å². The standard InChI is InChI=1S/C26H32N4O3S/c1-6-29(17-22-10-9-21(5)27-15-22)26(31)18-30(24-12-7-20(4)8-13-24)34(32,33)25-14-11-23(16-28-25)19(2)3/h7-16,19H,6,17-18H2,1-5H3. The Labute approximate surface area is 202 Å². The molecule has 0 bridgehead atoms. The van der Waals surface area contributed by atoms with Gasteiger partial charge in [-0.2, -0.15) is 8.42 Å². The van der Waals surface area contributed by atoms with Crippen LogP contribution in [0.3, 0.4) is 0 Å². The Bertz CT molecular complexity index is 1210. The Morgan fingerprint density at radius 2 is 1.65 bits per heavy atom. The second-order valence-electron chi connectivity index (χ2n) is 8.65. The summed E-state index contributed by atoms with van der Waals surface area (Å²) in [4.78, 5) is 23.4. The third-order valence-corrected chi connectivity index (χ3v) is 7.35. The van der Waals surface area contributed by atoms with E-state index in [1.165, 1.54) is 6.07 Å². The van der Waals surface area contributed by atoms with Gasteiger partial charge in [0.25, 0.3) is 10.0 Å². The first-order valence-electron chi connectivity index (χ1n) is 11.4. The van der Waals surface area contributed by atoms with Crippen LogP contribution in [0.5, 0.6) is 0 Å². The number of amides is 1. The number of hydrogen-bond acceptors (Lipinski definition) is 5. The van der Waals surface area contributed by atoms with Gasteiger partial charge in [0.05, 0.1) is 5.69 Å². The molecule has 8 heteroatoms. The van der Waals surface area contributed by atoms with E-state index < -0.39 is 10.0 Å². The molecule has 2 heterocycles. The first-order valence-corrected chi connectivity index (χ1v) is 12.8. The Morgan fingerprint density at radius 1 is 0.941 bits per heavy atom. The summed E-state index contributed by atoms with van der Waals surface area (Å²) < 4.78 is 28.4. The lowest BCUT2D eigenvalue weighted by molar-refractivity contribution is -0.129. The average Bonchev–Trinajstić information content (AvgIpc) is 2.82. The molecule has 1 amide bonds. The van der Waals surface area contributed by atoms with Crippen LogP contribution in [0.25, 0.3) is 0 Å². The Balaban J connectivity index is 1.93. The molecule has 0 aliphatic rings. The third kappa shape index (κ3) is 5.99. The van der Waals surface area contributed by atoms with E-state index in [0.29, 0.717) is 18.8 Å². The zero-order valence-electron chi connectivity index (χ0n) is 20.4.